The zero-order valence-corrected chi connectivity index (χ0v) is 13.3. The first-order valence-corrected chi connectivity index (χ1v) is 8.09. The minimum Gasteiger partial charge on any atom is -0.334 e. The topological polar surface area (TPSA) is 21.1 Å². The number of aryl methyl sites for hydroxylation is 1. The van der Waals surface area contributed by atoms with Crippen LogP contribution in [0.3, 0.4) is 0 Å². The first kappa shape index (κ1) is 14.6. The number of halogens is 1. The number of hydrogen-bond acceptors (Lipinski definition) is 2. The molecule has 1 aliphatic heterocycles. The smallest absolute Gasteiger partial charge is 0.122 e. The number of nitrogens with zero attached hydrogens (tertiary/aromatic N) is 3. The van der Waals surface area contributed by atoms with Gasteiger partial charge in [0, 0.05) is 30.5 Å². The van der Waals surface area contributed by atoms with Crippen LogP contribution >= 0.6 is 11.6 Å². The minimum absolute atomic E-state index is 0.746. The van der Waals surface area contributed by atoms with Crippen LogP contribution in [0.15, 0.2) is 36.7 Å². The van der Waals surface area contributed by atoms with Crippen LogP contribution in [0.4, 0.5) is 0 Å². The summed E-state index contributed by atoms with van der Waals surface area (Å²) in [7, 11) is 0. The summed E-state index contributed by atoms with van der Waals surface area (Å²) in [6.07, 6.45) is 6.39. The molecule has 1 unspecified atom stereocenters. The normalized spacial score (nSPS) is 19.2. The quantitative estimate of drug-likeness (QED) is 0.841. The molecule has 3 rings (SSSR count). The van der Waals surface area contributed by atoms with Gasteiger partial charge in [-0.15, -0.1) is 0 Å². The molecule has 1 aliphatic rings. The molecule has 1 fully saturated rings. The van der Waals surface area contributed by atoms with Gasteiger partial charge in [-0.05, 0) is 49.9 Å². The Hall–Kier alpha value is -1.32. The highest BCUT2D eigenvalue weighted by molar-refractivity contribution is 6.30. The minimum atomic E-state index is 0.746. The molecule has 1 saturated heterocycles. The summed E-state index contributed by atoms with van der Waals surface area (Å²) in [5.74, 6) is 1.93. The molecule has 0 bridgehead atoms. The highest BCUT2D eigenvalue weighted by Crippen LogP contribution is 2.23. The van der Waals surface area contributed by atoms with Gasteiger partial charge < -0.3 is 4.57 Å². The molecule has 0 spiro atoms. The van der Waals surface area contributed by atoms with Crippen molar-refractivity contribution in [1.82, 2.24) is 14.5 Å². The Labute approximate surface area is 131 Å². The monoisotopic (exact) mass is 303 g/mol. The summed E-state index contributed by atoms with van der Waals surface area (Å²) < 4.78 is 2.23. The van der Waals surface area contributed by atoms with Crippen LogP contribution < -0.4 is 0 Å². The van der Waals surface area contributed by atoms with E-state index in [-0.39, 0.29) is 0 Å². The van der Waals surface area contributed by atoms with E-state index in [1.54, 1.807) is 0 Å². The van der Waals surface area contributed by atoms with Crippen LogP contribution in [-0.4, -0.2) is 27.5 Å². The van der Waals surface area contributed by atoms with Crippen molar-refractivity contribution in [2.75, 3.05) is 13.1 Å². The molecular weight excluding hydrogens is 282 g/mol. The highest BCUT2D eigenvalue weighted by Gasteiger charge is 2.23. The molecule has 0 saturated carbocycles. The molecule has 4 heteroatoms. The fourth-order valence-corrected chi connectivity index (χ4v) is 3.28. The fraction of sp³-hybridized carbons (Fsp3) is 0.471. The lowest BCUT2D eigenvalue weighted by molar-refractivity contribution is 0.303. The molecule has 0 radical (unpaired) electrons. The molecule has 3 nitrogen and oxygen atoms in total. The van der Waals surface area contributed by atoms with E-state index in [4.69, 9.17) is 11.6 Å². The number of aromatic nitrogens is 2. The molecule has 2 aromatic rings. The average Bonchev–Trinajstić information content (AvgIpc) is 3.11. The Balaban J connectivity index is 1.54. The van der Waals surface area contributed by atoms with Gasteiger partial charge in [0.1, 0.15) is 5.82 Å². The van der Waals surface area contributed by atoms with E-state index < -0.39 is 0 Å². The summed E-state index contributed by atoms with van der Waals surface area (Å²) in [6.45, 7) is 6.47. The van der Waals surface area contributed by atoms with E-state index in [1.165, 1.54) is 30.9 Å². The third-order valence-electron chi connectivity index (χ3n) is 4.32. The molecule has 1 aromatic carbocycles. The summed E-state index contributed by atoms with van der Waals surface area (Å²) >= 11 is 5.94. The third-order valence-corrected chi connectivity index (χ3v) is 4.57. The van der Waals surface area contributed by atoms with Crippen LogP contribution in [0.2, 0.25) is 5.02 Å². The molecule has 2 heterocycles. The summed E-state index contributed by atoms with van der Waals surface area (Å²) in [5.41, 5.74) is 1.39. The Kier molecular flexibility index (Phi) is 4.61. The van der Waals surface area contributed by atoms with E-state index in [1.807, 2.05) is 18.3 Å². The predicted molar refractivity (Wildman–Crippen MR) is 86.4 cm³/mol. The first-order chi connectivity index (χ1) is 10.2. The van der Waals surface area contributed by atoms with E-state index in [2.05, 4.69) is 39.7 Å². The van der Waals surface area contributed by atoms with Crippen LogP contribution in [0.25, 0.3) is 0 Å². The summed E-state index contributed by atoms with van der Waals surface area (Å²) in [5, 5.41) is 0.818. The van der Waals surface area contributed by atoms with Crippen LogP contribution in [0, 0.1) is 5.92 Å². The second kappa shape index (κ2) is 6.63. The summed E-state index contributed by atoms with van der Waals surface area (Å²) in [6, 6.07) is 8.27. The van der Waals surface area contributed by atoms with Crippen molar-refractivity contribution in [3.63, 3.8) is 0 Å². The zero-order chi connectivity index (χ0) is 14.7. The zero-order valence-electron chi connectivity index (χ0n) is 12.5. The maximum Gasteiger partial charge on any atom is 0.122 e. The molecular formula is C17H22ClN3. The second-order valence-corrected chi connectivity index (χ2v) is 6.29. The second-order valence-electron chi connectivity index (χ2n) is 5.85. The summed E-state index contributed by atoms with van der Waals surface area (Å²) in [4.78, 5) is 7.00. The Morgan fingerprint density at radius 1 is 1.29 bits per heavy atom. The lowest BCUT2D eigenvalue weighted by Crippen LogP contribution is -2.22. The van der Waals surface area contributed by atoms with Crippen molar-refractivity contribution in [2.45, 2.75) is 32.9 Å². The number of hydrogen-bond donors (Lipinski definition) is 0. The SMILES string of the molecule is CCn1ccnc1CN1CCC(Cc2ccc(Cl)cc2)C1. The number of imidazole rings is 1. The Bertz CT molecular complexity index is 576. The molecule has 21 heavy (non-hydrogen) atoms. The van der Waals surface area contributed by atoms with Gasteiger partial charge in [-0.25, -0.2) is 4.98 Å². The van der Waals surface area contributed by atoms with Crippen molar-refractivity contribution in [1.29, 1.82) is 0 Å². The van der Waals surface area contributed by atoms with Crippen molar-refractivity contribution >= 4 is 11.6 Å². The van der Waals surface area contributed by atoms with Gasteiger partial charge in [-0.2, -0.15) is 0 Å². The van der Waals surface area contributed by atoms with Gasteiger partial charge >= 0.3 is 0 Å². The fourth-order valence-electron chi connectivity index (χ4n) is 3.16. The van der Waals surface area contributed by atoms with Gasteiger partial charge in [0.2, 0.25) is 0 Å². The Morgan fingerprint density at radius 2 is 2.10 bits per heavy atom. The molecule has 1 atom stereocenters. The van der Waals surface area contributed by atoms with Crippen molar-refractivity contribution in [3.8, 4) is 0 Å². The molecule has 112 valence electrons. The van der Waals surface area contributed by atoms with Crippen LogP contribution in [0.1, 0.15) is 24.7 Å². The lowest BCUT2D eigenvalue weighted by Gasteiger charge is -2.16. The molecule has 0 amide bonds. The highest BCUT2D eigenvalue weighted by atomic mass is 35.5. The van der Waals surface area contributed by atoms with Gasteiger partial charge in [-0.3, -0.25) is 4.90 Å². The standard InChI is InChI=1S/C17H22ClN3/c1-2-21-10-8-19-17(21)13-20-9-7-15(12-20)11-14-3-5-16(18)6-4-14/h3-6,8,10,15H,2,7,9,11-13H2,1H3. The van der Waals surface area contributed by atoms with Crippen molar-refractivity contribution in [3.05, 3.63) is 53.1 Å². The van der Waals surface area contributed by atoms with E-state index in [0.29, 0.717) is 0 Å². The molecule has 1 aromatic heterocycles. The van der Waals surface area contributed by atoms with E-state index >= 15 is 0 Å². The maximum absolute atomic E-state index is 5.94. The third kappa shape index (κ3) is 3.66. The Morgan fingerprint density at radius 3 is 2.86 bits per heavy atom. The van der Waals surface area contributed by atoms with Gasteiger partial charge in [0.05, 0.1) is 6.54 Å². The van der Waals surface area contributed by atoms with Gasteiger partial charge in [0.25, 0.3) is 0 Å². The van der Waals surface area contributed by atoms with Gasteiger partial charge in [0.15, 0.2) is 0 Å². The maximum atomic E-state index is 5.94. The van der Waals surface area contributed by atoms with Crippen LogP contribution in [-0.2, 0) is 19.5 Å². The van der Waals surface area contributed by atoms with Crippen molar-refractivity contribution < 1.29 is 0 Å². The number of benzene rings is 1. The lowest BCUT2D eigenvalue weighted by atomic mass is 9.99. The number of likely N-dealkylation sites (tertiary alicyclic amines) is 1. The van der Waals surface area contributed by atoms with E-state index in [9.17, 15) is 0 Å². The first-order valence-electron chi connectivity index (χ1n) is 7.71. The van der Waals surface area contributed by atoms with Crippen molar-refractivity contribution in [2.24, 2.45) is 5.92 Å². The molecule has 0 N–H and O–H groups in total. The predicted octanol–water partition coefficient (Wildman–Crippen LogP) is 3.62. The number of rotatable bonds is 5. The van der Waals surface area contributed by atoms with Crippen LogP contribution in [0.5, 0.6) is 0 Å². The average molecular weight is 304 g/mol. The molecule has 0 aliphatic carbocycles. The largest absolute Gasteiger partial charge is 0.334 e. The van der Waals surface area contributed by atoms with Gasteiger partial charge in [-0.1, -0.05) is 23.7 Å². The van der Waals surface area contributed by atoms with E-state index in [0.717, 1.165) is 30.5 Å².